The van der Waals surface area contributed by atoms with E-state index in [4.69, 9.17) is 10.2 Å². The third kappa shape index (κ3) is 7.18. The summed E-state index contributed by atoms with van der Waals surface area (Å²) in [5.74, 6) is 0.475. The van der Waals surface area contributed by atoms with E-state index in [1.165, 1.54) is 17.8 Å². The molecule has 4 N–H and O–H groups in total. The summed E-state index contributed by atoms with van der Waals surface area (Å²) in [6, 6.07) is 13.7. The topological polar surface area (TPSA) is 111 Å². The number of halogens is 2. The van der Waals surface area contributed by atoms with Crippen LogP contribution in [0.1, 0.15) is 36.8 Å². The number of aromatic nitrogens is 1. The van der Waals surface area contributed by atoms with Crippen LogP contribution in [-0.4, -0.2) is 34.5 Å². The lowest BCUT2D eigenvalue weighted by Gasteiger charge is -2.14. The van der Waals surface area contributed by atoms with E-state index in [2.05, 4.69) is 15.0 Å². The second kappa shape index (κ2) is 11.8. The largest absolute Gasteiger partial charge is 0.438 e. The average molecular weight is 466 g/mol. The van der Waals surface area contributed by atoms with Gasteiger partial charge in [-0.3, -0.25) is 4.79 Å². The van der Waals surface area contributed by atoms with Gasteiger partial charge in [0.05, 0.1) is 11.8 Å². The Morgan fingerprint density at radius 2 is 1.97 bits per heavy atom. The fraction of sp³-hybridized carbons (Fsp3) is 0.364. The number of ether oxygens (including phenoxy) is 1. The van der Waals surface area contributed by atoms with Crippen LogP contribution in [0, 0.1) is 0 Å². The van der Waals surface area contributed by atoms with Gasteiger partial charge in [0.25, 0.3) is 0 Å². The number of para-hydroxylation sites is 3. The molecule has 0 spiro atoms. The van der Waals surface area contributed by atoms with Gasteiger partial charge in [0.2, 0.25) is 11.8 Å². The van der Waals surface area contributed by atoms with E-state index >= 15 is 0 Å². The molecule has 0 fully saturated rings. The van der Waals surface area contributed by atoms with E-state index in [0.717, 1.165) is 0 Å². The van der Waals surface area contributed by atoms with Gasteiger partial charge in [0, 0.05) is 17.9 Å². The van der Waals surface area contributed by atoms with E-state index in [1.54, 1.807) is 30.3 Å². The zero-order chi connectivity index (χ0) is 22.9. The molecule has 1 aromatic heterocycles. The number of fused-ring (bicyclic) bond motifs is 1. The second-order valence-corrected chi connectivity index (χ2v) is 8.30. The zero-order valence-electron chi connectivity index (χ0n) is 17.2. The number of carbonyl (C=O) groups is 1. The molecule has 0 aliphatic rings. The molecule has 2 unspecified atom stereocenters. The van der Waals surface area contributed by atoms with E-state index in [-0.39, 0.29) is 24.0 Å². The van der Waals surface area contributed by atoms with Crippen LogP contribution < -0.4 is 15.8 Å². The number of oxazole rings is 1. The molecule has 3 rings (SSSR count). The summed E-state index contributed by atoms with van der Waals surface area (Å²) in [5, 5.41) is 12.5. The van der Waals surface area contributed by atoms with Crippen LogP contribution in [0.3, 0.4) is 0 Å². The predicted molar refractivity (Wildman–Crippen MR) is 118 cm³/mol. The first-order valence-electron chi connectivity index (χ1n) is 10.1. The number of nitrogens with zero attached hydrogens (tertiary/aromatic N) is 1. The van der Waals surface area contributed by atoms with Crippen LogP contribution in [0.5, 0.6) is 5.75 Å². The van der Waals surface area contributed by atoms with Crippen LogP contribution in [-0.2, 0) is 10.5 Å². The van der Waals surface area contributed by atoms with Gasteiger partial charge in [-0.15, -0.1) is 11.8 Å². The summed E-state index contributed by atoms with van der Waals surface area (Å²) in [6.07, 6.45) is 0.143. The van der Waals surface area contributed by atoms with Crippen molar-refractivity contribution < 1.29 is 27.8 Å². The number of amides is 1. The van der Waals surface area contributed by atoms with Gasteiger partial charge < -0.3 is 25.3 Å². The lowest BCUT2D eigenvalue weighted by atomic mass is 10.2. The molecule has 2 atom stereocenters. The molecule has 1 amide bonds. The van der Waals surface area contributed by atoms with E-state index in [0.29, 0.717) is 41.8 Å². The number of hydrogen-bond acceptors (Lipinski definition) is 7. The van der Waals surface area contributed by atoms with Crippen molar-refractivity contribution >= 4 is 28.8 Å². The van der Waals surface area contributed by atoms with Gasteiger partial charge in [-0.1, -0.05) is 30.3 Å². The lowest BCUT2D eigenvalue weighted by Crippen LogP contribution is -2.30. The Labute approximate surface area is 188 Å². The maximum Gasteiger partial charge on any atom is 0.387 e. The summed E-state index contributed by atoms with van der Waals surface area (Å²) < 4.78 is 35.0. The van der Waals surface area contributed by atoms with Gasteiger partial charge >= 0.3 is 6.61 Å². The first kappa shape index (κ1) is 24.0. The highest BCUT2D eigenvalue weighted by Crippen LogP contribution is 2.26. The van der Waals surface area contributed by atoms with Gasteiger partial charge in [-0.25, -0.2) is 4.98 Å². The van der Waals surface area contributed by atoms with E-state index in [9.17, 15) is 18.7 Å². The third-order valence-corrected chi connectivity index (χ3v) is 5.67. The lowest BCUT2D eigenvalue weighted by molar-refractivity contribution is -0.121. The molecule has 0 bridgehead atoms. The molecule has 172 valence electrons. The first-order chi connectivity index (χ1) is 15.4. The smallest absolute Gasteiger partial charge is 0.387 e. The highest BCUT2D eigenvalue weighted by Gasteiger charge is 2.16. The summed E-state index contributed by atoms with van der Waals surface area (Å²) in [6.45, 7) is -2.53. The normalized spacial score (nSPS) is 13.3. The minimum absolute atomic E-state index is 0.0796. The number of rotatable bonds is 12. The fourth-order valence-corrected chi connectivity index (χ4v) is 3.93. The minimum atomic E-state index is -2.90. The highest BCUT2D eigenvalue weighted by molar-refractivity contribution is 7.99. The van der Waals surface area contributed by atoms with E-state index < -0.39 is 18.1 Å². The van der Waals surface area contributed by atoms with Crippen molar-refractivity contribution in [2.75, 3.05) is 6.54 Å². The van der Waals surface area contributed by atoms with Gasteiger partial charge in [-0.2, -0.15) is 8.78 Å². The zero-order valence-corrected chi connectivity index (χ0v) is 18.1. The Balaban J connectivity index is 1.35. The molecule has 3 aromatic rings. The van der Waals surface area contributed by atoms with Crippen LogP contribution in [0.25, 0.3) is 11.1 Å². The number of nitrogens with two attached hydrogens (primary N) is 1. The summed E-state index contributed by atoms with van der Waals surface area (Å²) in [5.41, 5.74) is 7.88. The monoisotopic (exact) mass is 465 g/mol. The number of thioether (sulfide) groups is 1. The quantitative estimate of drug-likeness (QED) is 0.274. The fourth-order valence-electron chi connectivity index (χ4n) is 3.02. The highest BCUT2D eigenvalue weighted by atomic mass is 32.2. The number of benzene rings is 2. The van der Waals surface area contributed by atoms with Crippen LogP contribution in [0.2, 0.25) is 0 Å². The Hall–Kier alpha value is -2.69. The molecule has 0 aliphatic carbocycles. The maximum atomic E-state index is 12.5. The van der Waals surface area contributed by atoms with Crippen molar-refractivity contribution in [2.45, 2.75) is 43.1 Å². The van der Waals surface area contributed by atoms with Crippen molar-refractivity contribution in [1.29, 1.82) is 0 Å². The molecule has 0 radical (unpaired) electrons. The van der Waals surface area contributed by atoms with Crippen LogP contribution in [0.15, 0.2) is 52.9 Å². The standard InChI is InChI=1S/C22H25F2N3O4S/c23-22(24)31-17-9-3-1-6-14(17)13-32-19(25)12-20(29)26-11-5-8-16(28)21-27-15-7-2-4-10-18(15)30-21/h1-4,6-7,9-10,16,19,22,28H,5,8,11-13,25H2,(H,26,29). The van der Waals surface area contributed by atoms with E-state index in [1.807, 2.05) is 12.1 Å². The third-order valence-electron chi connectivity index (χ3n) is 4.60. The second-order valence-electron chi connectivity index (χ2n) is 7.07. The predicted octanol–water partition coefficient (Wildman–Crippen LogP) is 3.97. The molecular formula is C22H25F2N3O4S. The Morgan fingerprint density at radius 3 is 2.75 bits per heavy atom. The first-order valence-corrected chi connectivity index (χ1v) is 11.2. The van der Waals surface area contributed by atoms with Crippen molar-refractivity contribution in [1.82, 2.24) is 10.3 Å². The van der Waals surface area contributed by atoms with Crippen LogP contribution >= 0.6 is 11.8 Å². The molecule has 1 heterocycles. The Bertz CT molecular complexity index is 985. The molecule has 0 aliphatic heterocycles. The number of hydrogen-bond donors (Lipinski definition) is 3. The Kier molecular flexibility index (Phi) is 8.83. The minimum Gasteiger partial charge on any atom is -0.438 e. The summed E-state index contributed by atoms with van der Waals surface area (Å²) in [4.78, 5) is 16.3. The molecule has 10 heteroatoms. The molecule has 32 heavy (non-hydrogen) atoms. The molecule has 0 saturated heterocycles. The van der Waals surface area contributed by atoms with Crippen molar-refractivity contribution in [3.05, 3.63) is 60.0 Å². The SMILES string of the molecule is NC(CC(=O)NCCCC(O)c1nc2ccccc2o1)SCc1ccccc1OC(F)F. The van der Waals surface area contributed by atoms with Crippen molar-refractivity contribution in [3.63, 3.8) is 0 Å². The number of aliphatic hydroxyl groups is 1. The molecule has 2 aromatic carbocycles. The molecule has 7 nitrogen and oxygen atoms in total. The number of nitrogens with one attached hydrogen (secondary N) is 1. The van der Waals surface area contributed by atoms with Crippen molar-refractivity contribution in [3.8, 4) is 5.75 Å². The van der Waals surface area contributed by atoms with Crippen LogP contribution in [0.4, 0.5) is 8.78 Å². The number of aliphatic hydroxyl groups excluding tert-OH is 1. The number of alkyl halides is 2. The molecule has 0 saturated carbocycles. The maximum absolute atomic E-state index is 12.5. The summed E-state index contributed by atoms with van der Waals surface area (Å²) >= 11 is 1.27. The van der Waals surface area contributed by atoms with Gasteiger partial charge in [0.1, 0.15) is 17.4 Å². The summed E-state index contributed by atoms with van der Waals surface area (Å²) in [7, 11) is 0. The van der Waals surface area contributed by atoms with Gasteiger partial charge in [0.15, 0.2) is 5.58 Å². The molecular weight excluding hydrogens is 440 g/mol. The van der Waals surface area contributed by atoms with Crippen molar-refractivity contribution in [2.24, 2.45) is 5.73 Å². The Morgan fingerprint density at radius 1 is 1.22 bits per heavy atom. The average Bonchev–Trinajstić information content (AvgIpc) is 3.20. The van der Waals surface area contributed by atoms with Gasteiger partial charge in [-0.05, 0) is 31.0 Å². The number of carbonyl (C=O) groups excluding carboxylic acids is 1.